The highest BCUT2D eigenvalue weighted by molar-refractivity contribution is 7.13. The molecule has 0 radical (unpaired) electrons. The highest BCUT2D eigenvalue weighted by Gasteiger charge is 2.16. The number of nitrogens with one attached hydrogen (secondary N) is 1. The summed E-state index contributed by atoms with van der Waals surface area (Å²) in [5.74, 6) is 0.756. The number of rotatable bonds is 7. The van der Waals surface area contributed by atoms with E-state index < -0.39 is 0 Å². The summed E-state index contributed by atoms with van der Waals surface area (Å²) in [6.07, 6.45) is 0. The van der Waals surface area contributed by atoms with E-state index in [0.29, 0.717) is 27.8 Å². The fraction of sp³-hybridized carbons (Fsp3) is 0.200. The van der Waals surface area contributed by atoms with E-state index in [-0.39, 0.29) is 24.0 Å². The van der Waals surface area contributed by atoms with Crippen molar-refractivity contribution in [1.29, 1.82) is 0 Å². The first kappa shape index (κ1) is 19.6. The first-order valence-corrected chi connectivity index (χ1v) is 9.22. The number of nitrogens with zero attached hydrogens (tertiary/aromatic N) is 1. The molecule has 0 unspecified atom stereocenters. The average molecular weight is 402 g/mol. The van der Waals surface area contributed by atoms with Crippen LogP contribution in [0.5, 0.6) is 17.2 Å². The van der Waals surface area contributed by atoms with E-state index >= 15 is 0 Å². The molecule has 2 aromatic carbocycles. The Hall–Kier alpha value is -3.13. The van der Waals surface area contributed by atoms with E-state index in [1.54, 1.807) is 35.7 Å². The Morgan fingerprint density at radius 2 is 1.79 bits per heavy atom. The van der Waals surface area contributed by atoms with E-state index in [0.717, 1.165) is 5.56 Å². The number of thiazole rings is 1. The van der Waals surface area contributed by atoms with Gasteiger partial charge in [-0.2, -0.15) is 0 Å². The largest absolute Gasteiger partial charge is 0.493 e. The van der Waals surface area contributed by atoms with Crippen LogP contribution in [0.3, 0.4) is 0 Å². The fourth-order valence-electron chi connectivity index (χ4n) is 2.65. The van der Waals surface area contributed by atoms with Crippen LogP contribution in [0.4, 0.5) is 4.39 Å². The maximum Gasteiger partial charge on any atom is 0.271 e. The number of hydrogen-bond acceptors (Lipinski definition) is 6. The monoisotopic (exact) mass is 402 g/mol. The smallest absolute Gasteiger partial charge is 0.271 e. The molecule has 0 bridgehead atoms. The molecule has 8 heteroatoms. The molecular weight excluding hydrogens is 383 g/mol. The lowest BCUT2D eigenvalue weighted by Crippen LogP contribution is -2.23. The molecule has 6 nitrogen and oxygen atoms in total. The Labute approximate surface area is 165 Å². The third-order valence-electron chi connectivity index (χ3n) is 4.02. The van der Waals surface area contributed by atoms with Gasteiger partial charge >= 0.3 is 0 Å². The molecule has 0 atom stereocenters. The highest BCUT2D eigenvalue weighted by Crippen LogP contribution is 2.38. The molecule has 3 rings (SSSR count). The van der Waals surface area contributed by atoms with Gasteiger partial charge in [-0.15, -0.1) is 11.3 Å². The first-order chi connectivity index (χ1) is 13.6. The number of amides is 1. The lowest BCUT2D eigenvalue weighted by molar-refractivity contribution is 0.0946. The zero-order chi connectivity index (χ0) is 20.1. The molecule has 0 saturated heterocycles. The first-order valence-electron chi connectivity index (χ1n) is 8.35. The van der Waals surface area contributed by atoms with Crippen molar-refractivity contribution in [1.82, 2.24) is 10.3 Å². The zero-order valence-electron chi connectivity index (χ0n) is 15.6. The molecule has 0 saturated carbocycles. The molecule has 1 N–H and O–H groups in total. The SMILES string of the molecule is COc1cc(CNC(=O)c2csc(-c3ccccc3F)n2)cc(OC)c1OC. The van der Waals surface area contributed by atoms with Crippen LogP contribution in [-0.4, -0.2) is 32.2 Å². The number of aromatic nitrogens is 1. The van der Waals surface area contributed by atoms with Crippen LogP contribution in [0.15, 0.2) is 41.8 Å². The number of halogens is 1. The van der Waals surface area contributed by atoms with E-state index in [1.165, 1.54) is 38.7 Å². The summed E-state index contributed by atoms with van der Waals surface area (Å²) in [4.78, 5) is 16.7. The number of carbonyl (C=O) groups excluding carboxylic acids is 1. The van der Waals surface area contributed by atoms with E-state index in [2.05, 4.69) is 10.3 Å². The second-order valence-electron chi connectivity index (χ2n) is 5.73. The van der Waals surface area contributed by atoms with E-state index in [1.807, 2.05) is 0 Å². The second kappa shape index (κ2) is 8.71. The Morgan fingerprint density at radius 3 is 2.39 bits per heavy atom. The summed E-state index contributed by atoms with van der Waals surface area (Å²) >= 11 is 1.22. The van der Waals surface area contributed by atoms with Gasteiger partial charge in [0.15, 0.2) is 11.5 Å². The normalized spacial score (nSPS) is 10.4. The second-order valence-corrected chi connectivity index (χ2v) is 6.59. The van der Waals surface area contributed by atoms with Gasteiger partial charge < -0.3 is 19.5 Å². The molecule has 146 valence electrons. The van der Waals surface area contributed by atoms with Crippen LogP contribution in [0.1, 0.15) is 16.1 Å². The van der Waals surface area contributed by atoms with Crippen molar-refractivity contribution >= 4 is 17.2 Å². The quantitative estimate of drug-likeness (QED) is 0.649. The Bertz CT molecular complexity index is 965. The summed E-state index contributed by atoms with van der Waals surface area (Å²) in [5.41, 5.74) is 1.37. The van der Waals surface area contributed by atoms with Gasteiger partial charge in [-0.05, 0) is 29.8 Å². The van der Waals surface area contributed by atoms with Crippen molar-refractivity contribution in [3.8, 4) is 27.8 Å². The van der Waals surface area contributed by atoms with Crippen molar-refractivity contribution < 1.29 is 23.4 Å². The van der Waals surface area contributed by atoms with Gasteiger partial charge in [0.05, 0.1) is 21.3 Å². The molecule has 1 heterocycles. The van der Waals surface area contributed by atoms with Gasteiger partial charge in [-0.25, -0.2) is 9.37 Å². The molecule has 0 aliphatic heterocycles. The van der Waals surface area contributed by atoms with Crippen molar-refractivity contribution in [2.45, 2.75) is 6.54 Å². The Balaban J connectivity index is 1.74. The molecule has 3 aromatic rings. The lowest BCUT2D eigenvalue weighted by atomic mass is 10.1. The van der Waals surface area contributed by atoms with Crippen molar-refractivity contribution in [2.24, 2.45) is 0 Å². The van der Waals surface area contributed by atoms with Crippen LogP contribution in [-0.2, 0) is 6.54 Å². The van der Waals surface area contributed by atoms with E-state index in [4.69, 9.17) is 14.2 Å². The molecule has 28 heavy (non-hydrogen) atoms. The van der Waals surface area contributed by atoms with Gasteiger partial charge in [0.1, 0.15) is 16.5 Å². The molecule has 1 amide bonds. The third-order valence-corrected chi connectivity index (χ3v) is 4.89. The molecule has 0 aliphatic rings. The van der Waals surface area contributed by atoms with Crippen molar-refractivity contribution in [3.05, 3.63) is 58.9 Å². The highest BCUT2D eigenvalue weighted by atomic mass is 32.1. The van der Waals surface area contributed by atoms with Gasteiger partial charge in [-0.3, -0.25) is 4.79 Å². The molecular formula is C20H19FN2O4S. The topological polar surface area (TPSA) is 69.7 Å². The molecule has 1 aromatic heterocycles. The Kier molecular flexibility index (Phi) is 6.10. The number of methoxy groups -OCH3 is 3. The standard InChI is InChI=1S/C20H19FN2O4S/c1-25-16-8-12(9-17(26-2)18(16)27-3)10-22-19(24)15-11-28-20(23-15)13-6-4-5-7-14(13)21/h4-9,11H,10H2,1-3H3,(H,22,24). The van der Waals surface area contributed by atoms with Crippen LogP contribution in [0, 0.1) is 5.82 Å². The maximum absolute atomic E-state index is 13.9. The number of benzene rings is 2. The van der Waals surface area contributed by atoms with Gasteiger partial charge in [0, 0.05) is 17.5 Å². The van der Waals surface area contributed by atoms with Crippen LogP contribution in [0.25, 0.3) is 10.6 Å². The zero-order valence-corrected chi connectivity index (χ0v) is 16.4. The fourth-order valence-corrected chi connectivity index (χ4v) is 3.47. The summed E-state index contributed by atoms with van der Waals surface area (Å²) in [6.45, 7) is 0.238. The third kappa shape index (κ3) is 4.07. The van der Waals surface area contributed by atoms with Crippen LogP contribution in [0.2, 0.25) is 0 Å². The number of hydrogen-bond donors (Lipinski definition) is 1. The minimum absolute atomic E-state index is 0.232. The molecule has 0 spiro atoms. The predicted molar refractivity (Wildman–Crippen MR) is 105 cm³/mol. The Morgan fingerprint density at radius 1 is 1.11 bits per heavy atom. The van der Waals surface area contributed by atoms with Crippen LogP contribution >= 0.6 is 11.3 Å². The van der Waals surface area contributed by atoms with Crippen molar-refractivity contribution in [3.63, 3.8) is 0 Å². The summed E-state index contributed by atoms with van der Waals surface area (Å²) in [7, 11) is 4.58. The average Bonchev–Trinajstić information content (AvgIpc) is 3.21. The summed E-state index contributed by atoms with van der Waals surface area (Å²) in [6, 6.07) is 9.84. The van der Waals surface area contributed by atoms with E-state index in [9.17, 15) is 9.18 Å². The number of ether oxygens (including phenoxy) is 3. The van der Waals surface area contributed by atoms with Crippen LogP contribution < -0.4 is 19.5 Å². The minimum atomic E-state index is -0.374. The van der Waals surface area contributed by atoms with Crippen molar-refractivity contribution in [2.75, 3.05) is 21.3 Å². The van der Waals surface area contributed by atoms with Gasteiger partial charge in [0.2, 0.25) is 5.75 Å². The molecule has 0 fully saturated rings. The maximum atomic E-state index is 13.9. The summed E-state index contributed by atoms with van der Waals surface area (Å²) in [5, 5.41) is 4.85. The number of carbonyl (C=O) groups is 1. The molecule has 0 aliphatic carbocycles. The van der Waals surface area contributed by atoms with Gasteiger partial charge in [0.25, 0.3) is 5.91 Å². The van der Waals surface area contributed by atoms with Gasteiger partial charge in [-0.1, -0.05) is 12.1 Å². The lowest BCUT2D eigenvalue weighted by Gasteiger charge is -2.14. The summed E-state index contributed by atoms with van der Waals surface area (Å²) < 4.78 is 29.8. The predicted octanol–water partition coefficient (Wildman–Crippen LogP) is 3.91. The minimum Gasteiger partial charge on any atom is -0.493 e.